The van der Waals surface area contributed by atoms with Crippen LogP contribution in [0.2, 0.25) is 0 Å². The van der Waals surface area contributed by atoms with Crippen LogP contribution in [0.3, 0.4) is 0 Å². The van der Waals surface area contributed by atoms with Crippen LogP contribution in [0.15, 0.2) is 69.2 Å². The Morgan fingerprint density at radius 3 is 1.82 bits per heavy atom. The van der Waals surface area contributed by atoms with Gasteiger partial charge >= 0.3 is 30.3 Å². The summed E-state index contributed by atoms with van der Waals surface area (Å²) in [5, 5.41) is 22.5. The van der Waals surface area contributed by atoms with Crippen molar-refractivity contribution in [3.05, 3.63) is 65.5 Å². The van der Waals surface area contributed by atoms with E-state index in [1.165, 1.54) is 47.8 Å². The number of rotatable bonds is 12. The van der Waals surface area contributed by atoms with Crippen LogP contribution in [0.5, 0.6) is 5.75 Å². The molecule has 31 nitrogen and oxygen atoms in total. The van der Waals surface area contributed by atoms with Gasteiger partial charge in [-0.05, 0) is 146 Å². The number of aliphatic imine (C=N–C) groups is 3. The molecule has 118 heavy (non-hydrogen) atoms. The van der Waals surface area contributed by atoms with Gasteiger partial charge in [-0.2, -0.15) is 4.99 Å². The summed E-state index contributed by atoms with van der Waals surface area (Å²) >= 11 is 0. The number of fused-ring (bicyclic) bond motifs is 13. The molecule has 0 unspecified atom stereocenters. The molecule has 6 bridgehead atoms. The Morgan fingerprint density at radius 2 is 1.20 bits per heavy atom. The van der Waals surface area contributed by atoms with Crippen molar-refractivity contribution in [1.82, 2.24) is 55.6 Å². The third kappa shape index (κ3) is 19.3. The number of amidine groups is 1. The quantitative estimate of drug-likeness (QED) is 0.0849. The van der Waals surface area contributed by atoms with Gasteiger partial charge in [0.05, 0.1) is 43.5 Å². The number of Topliss-reactive ketones (excluding diaryl/α,β-unsaturated/α-hetero) is 3. The van der Waals surface area contributed by atoms with Crippen LogP contribution in [0, 0.1) is 57.2 Å². The van der Waals surface area contributed by atoms with Gasteiger partial charge in [0.25, 0.3) is 0 Å². The molecule has 6 N–H and O–H groups in total. The molecule has 3 saturated carbocycles. The fourth-order valence-electron chi connectivity index (χ4n) is 19.2. The first-order valence-electron chi connectivity index (χ1n) is 43.0. The molecule has 0 aromatic carbocycles. The lowest BCUT2D eigenvalue weighted by Crippen LogP contribution is -2.58. The zero-order valence-electron chi connectivity index (χ0n) is 71.2. The van der Waals surface area contributed by atoms with E-state index in [-0.39, 0.29) is 98.3 Å². The third-order valence-electron chi connectivity index (χ3n) is 26.4. The van der Waals surface area contributed by atoms with Crippen LogP contribution >= 0.6 is 0 Å². The number of amides is 8. The maximum Gasteiger partial charge on any atom is 0.408 e. The minimum atomic E-state index is -1.29. The lowest BCUT2D eigenvalue weighted by atomic mass is 9.79. The van der Waals surface area contributed by atoms with Gasteiger partial charge in [0, 0.05) is 90.5 Å². The number of ether oxygens (including phenoxy) is 6. The summed E-state index contributed by atoms with van der Waals surface area (Å²) in [4.78, 5) is 170. The van der Waals surface area contributed by atoms with Gasteiger partial charge in [0.1, 0.15) is 77.3 Å². The molecule has 8 fully saturated rings. The number of ketones is 3. The second-order valence-corrected chi connectivity index (χ2v) is 37.6. The fourth-order valence-corrected chi connectivity index (χ4v) is 19.2. The standard InChI is InChI=1S/C87H123N15O16/c1-15-58-66-46-102(72(58)52(6)105)76(106)73(84(7,8)9)95-83(112)118-87(14)39-56(87)29-23-18-22-28-55-43-99-57(41-91-69(99)38-62(55)113-66)40-85(10,11)74-77(107)101-45-65(49(3)71(101)51(5)104)115-80-94-68(93-79(109)98(80)35-25-17-16-20-26-53-36-60(53)116-81(110)96-74)32-34-89-47-86(12,13)75-78(108)100-44-64(48(2)70(100)50(4)103)114-63-42-90-67(31-33-88)92-59(63)30-24-19-21-27-54-37-61(54)117-82(111)97-75/h31-34,38,41-43,48-49,53-54,56,58,60-61,64-66,70-75,88,90H,15-30,35-37,39-40,44-47H2,1-14H3,(H,93,109)(H,95,112)(H,96,110)(H,97,111)/b67-31+,68-32+,88-33?,89-34+/t48-,49-,53-,54-,56-,58-,60-,61-,64+,65+,66+,70+,71+,72-,73-,74-,75-,87-/m1/s1. The Balaban J connectivity index is 0.759. The number of carbonyl (C=O) groups excluding carboxylic acids is 10. The Morgan fingerprint density at radius 1 is 0.636 bits per heavy atom. The normalized spacial score (nSPS) is 33.2. The molecular weight excluding hydrogens is 1510 g/mol. The van der Waals surface area contributed by atoms with Crippen molar-refractivity contribution in [2.75, 3.05) is 32.7 Å². The Hall–Kier alpha value is -9.71. The maximum atomic E-state index is 16.0. The van der Waals surface area contributed by atoms with Gasteiger partial charge in [-0.1, -0.05) is 114 Å². The Kier molecular flexibility index (Phi) is 25.8. The first kappa shape index (κ1) is 86.1. The van der Waals surface area contributed by atoms with E-state index in [1.54, 1.807) is 37.2 Å². The number of pyridine rings is 1. The summed E-state index contributed by atoms with van der Waals surface area (Å²) in [5.41, 5.74) is -0.868. The maximum absolute atomic E-state index is 16.0. The topological polar surface area (TPSA) is 377 Å². The smallest absolute Gasteiger partial charge is 0.408 e. The van der Waals surface area contributed by atoms with Crippen LogP contribution in [0.4, 0.5) is 19.2 Å². The Labute approximate surface area is 691 Å². The lowest BCUT2D eigenvalue weighted by Gasteiger charge is -2.37. The number of hydrogen-bond donors (Lipinski definition) is 6. The third-order valence-corrected chi connectivity index (χ3v) is 26.4. The number of aromatic nitrogens is 2. The number of carbonyl (C=O) groups is 10. The van der Waals surface area contributed by atoms with E-state index in [1.807, 2.05) is 79.0 Å². The van der Waals surface area contributed by atoms with E-state index >= 15 is 9.59 Å². The second kappa shape index (κ2) is 35.3. The van der Waals surface area contributed by atoms with Crippen molar-refractivity contribution in [3.63, 3.8) is 0 Å². The first-order valence-corrected chi connectivity index (χ1v) is 43.0. The van der Waals surface area contributed by atoms with Gasteiger partial charge in [-0.25, -0.2) is 34.1 Å². The van der Waals surface area contributed by atoms with Crippen LogP contribution in [0.1, 0.15) is 224 Å². The van der Waals surface area contributed by atoms with E-state index in [2.05, 4.69) is 26.6 Å². The summed E-state index contributed by atoms with van der Waals surface area (Å²) in [6.07, 6.45) is 20.8. The van der Waals surface area contributed by atoms with Crippen molar-refractivity contribution in [1.29, 1.82) is 5.41 Å². The van der Waals surface area contributed by atoms with E-state index in [0.29, 0.717) is 79.3 Å². The summed E-state index contributed by atoms with van der Waals surface area (Å²) in [6, 6.07) is -5.05. The van der Waals surface area contributed by atoms with E-state index in [0.717, 1.165) is 88.8 Å². The number of urea groups is 1. The average molecular weight is 1640 g/mol. The van der Waals surface area contributed by atoms with Gasteiger partial charge in [-0.3, -0.25) is 39.1 Å². The van der Waals surface area contributed by atoms with Crippen molar-refractivity contribution in [2.45, 2.75) is 298 Å². The predicted molar refractivity (Wildman–Crippen MR) is 439 cm³/mol. The largest absolute Gasteiger partial charge is 0.488 e. The van der Waals surface area contributed by atoms with Gasteiger partial charge < -0.3 is 74.2 Å². The van der Waals surface area contributed by atoms with Crippen LogP contribution < -0.4 is 31.3 Å². The van der Waals surface area contributed by atoms with Gasteiger partial charge in [0.2, 0.25) is 17.7 Å². The first-order chi connectivity index (χ1) is 56.0. The highest BCUT2D eigenvalue weighted by atomic mass is 16.6. The molecule has 0 spiro atoms. The minimum absolute atomic E-state index is 0.0200. The number of alkyl carbamates (subject to hydrolysis) is 3. The molecular formula is C87H123N15O16. The number of nitrogens with one attached hydrogen (secondary N) is 6. The molecule has 31 heteroatoms. The zero-order valence-corrected chi connectivity index (χ0v) is 71.2. The van der Waals surface area contributed by atoms with E-state index in [4.69, 9.17) is 53.8 Å². The highest BCUT2D eigenvalue weighted by Gasteiger charge is 2.57. The Bertz CT molecular complexity index is 4420. The molecule has 13 rings (SSSR count). The van der Waals surface area contributed by atoms with Crippen molar-refractivity contribution in [3.8, 4) is 5.75 Å². The molecule has 3 aliphatic carbocycles. The number of aryl methyl sites for hydroxylation is 1. The number of nitrogens with zero attached hydrogens (tertiary/aromatic N) is 9. The van der Waals surface area contributed by atoms with Crippen LogP contribution in [-0.2, 0) is 65.3 Å². The molecule has 5 saturated heterocycles. The summed E-state index contributed by atoms with van der Waals surface area (Å²) in [6.45, 7) is 25.0. The van der Waals surface area contributed by atoms with Crippen LogP contribution in [0.25, 0.3) is 5.65 Å². The lowest BCUT2D eigenvalue weighted by molar-refractivity contribution is -0.141. The van der Waals surface area contributed by atoms with Gasteiger partial charge in [-0.15, -0.1) is 0 Å². The predicted octanol–water partition coefficient (Wildman–Crippen LogP) is 10.7. The van der Waals surface area contributed by atoms with Crippen LogP contribution in [-0.4, -0.2) is 218 Å². The van der Waals surface area contributed by atoms with Crippen molar-refractivity contribution >= 4 is 89.2 Å². The number of hydrogen-bond acceptors (Lipinski definition) is 22. The van der Waals surface area contributed by atoms with E-state index in [9.17, 15) is 38.4 Å². The summed E-state index contributed by atoms with van der Waals surface area (Å²) in [7, 11) is 0. The molecule has 11 aliphatic rings. The van der Waals surface area contributed by atoms with Gasteiger partial charge in [0.15, 0.2) is 23.1 Å². The highest BCUT2D eigenvalue weighted by Crippen LogP contribution is 2.50. The zero-order chi connectivity index (χ0) is 84.6. The molecule has 10 heterocycles. The monoisotopic (exact) mass is 1630 g/mol. The van der Waals surface area contributed by atoms with Crippen molar-refractivity contribution < 1.29 is 76.4 Å². The molecule has 8 aliphatic heterocycles. The fraction of sp³-hybridized carbons (Fsp3) is 0.690. The average Bonchev–Trinajstić information content (AvgIpc) is 1.45. The number of imidazole rings is 1. The SMILES string of the molecule is CC[C@@H]1[C@@H]2CN(C(=O)[C@H](C(C)(C)C)NC(=O)O[C@]3(C)C[C@H]3CCCCCc3cn4c(CC(C)(C)[C@@H]5NC(=O)O[C@@H]6C[C@H]6CCCCCCN6C(=O)N/C(=C\C=N\CC(C)(C)[C@@H]7NC(=O)O[C@@H]8C[C@H]8CCCCCC8=N/C(=C/C=N)NC=C8O[C@H]8CN(C7=O)[C@H](C(C)=O)[C@@H]8C)N=C6O[C@H]6CN(C5=O)[C@H](C(C)=O)[C@@H]6C)cnc4cc3O2)[C@@H]1C(C)=O. The summed E-state index contributed by atoms with van der Waals surface area (Å²) < 4.78 is 40.8. The van der Waals surface area contributed by atoms with E-state index < -0.39 is 136 Å². The van der Waals surface area contributed by atoms with Crippen molar-refractivity contribution in [2.24, 2.45) is 66.7 Å². The molecule has 642 valence electrons. The molecule has 2 aromatic heterocycles. The molecule has 0 radical (unpaired) electrons. The molecule has 2 aromatic rings. The highest BCUT2D eigenvalue weighted by molar-refractivity contribution is 6.01. The molecule has 8 amide bonds. The minimum Gasteiger partial charge on any atom is -0.488 e. The second-order valence-electron chi connectivity index (χ2n) is 37.6. The molecule has 18 atom stereocenters. The number of allylic oxidation sites excluding steroid dienone is 3. The summed E-state index contributed by atoms with van der Waals surface area (Å²) in [5.74, 6) is -1.72.